The summed E-state index contributed by atoms with van der Waals surface area (Å²) in [5.74, 6) is -0.750. The molecular formula is C11H8BrClN2O3. The third-order valence-electron chi connectivity index (χ3n) is 2.20. The van der Waals surface area contributed by atoms with Gasteiger partial charge in [-0.3, -0.25) is 4.79 Å². The molecule has 0 aliphatic carbocycles. The van der Waals surface area contributed by atoms with Crippen LogP contribution in [0.2, 0.25) is 5.02 Å². The summed E-state index contributed by atoms with van der Waals surface area (Å²) in [6.07, 6.45) is 0. The molecule has 0 bridgehead atoms. The number of benzene rings is 1. The molecule has 18 heavy (non-hydrogen) atoms. The number of esters is 1. The Labute approximate surface area is 115 Å². The van der Waals surface area contributed by atoms with Gasteiger partial charge in [0.15, 0.2) is 0 Å². The lowest BCUT2D eigenvalue weighted by molar-refractivity contribution is 0.0517. The number of halogens is 2. The van der Waals surface area contributed by atoms with Gasteiger partial charge in [0.1, 0.15) is 0 Å². The van der Waals surface area contributed by atoms with Gasteiger partial charge in [-0.15, -0.1) is 0 Å². The molecular weight excluding hydrogens is 323 g/mol. The summed E-state index contributed by atoms with van der Waals surface area (Å²) in [4.78, 5) is 29.7. The van der Waals surface area contributed by atoms with Gasteiger partial charge in [-0.25, -0.2) is 9.78 Å². The van der Waals surface area contributed by atoms with Crippen LogP contribution in [0.15, 0.2) is 21.4 Å². The lowest BCUT2D eigenvalue weighted by Crippen LogP contribution is -2.22. The van der Waals surface area contributed by atoms with Crippen molar-refractivity contribution in [2.24, 2.45) is 0 Å². The SMILES string of the molecule is CCOC(=O)c1nc2cc(Cl)c(Br)cc2[nH]c1=O. The Morgan fingerprint density at radius 2 is 2.28 bits per heavy atom. The number of rotatable bonds is 2. The maximum Gasteiger partial charge on any atom is 0.362 e. The van der Waals surface area contributed by atoms with Crippen LogP contribution in [-0.2, 0) is 4.74 Å². The summed E-state index contributed by atoms with van der Waals surface area (Å²) in [5.41, 5.74) is 0.0492. The molecule has 0 saturated carbocycles. The van der Waals surface area contributed by atoms with Crippen LogP contribution in [0.5, 0.6) is 0 Å². The maximum atomic E-state index is 11.7. The monoisotopic (exact) mass is 330 g/mol. The van der Waals surface area contributed by atoms with E-state index in [1.165, 1.54) is 0 Å². The van der Waals surface area contributed by atoms with E-state index in [0.717, 1.165) is 0 Å². The number of hydrogen-bond donors (Lipinski definition) is 1. The van der Waals surface area contributed by atoms with Crippen molar-refractivity contribution in [3.63, 3.8) is 0 Å². The second-order valence-electron chi connectivity index (χ2n) is 3.42. The lowest BCUT2D eigenvalue weighted by atomic mass is 10.3. The van der Waals surface area contributed by atoms with Crippen LogP contribution >= 0.6 is 27.5 Å². The Bertz CT molecular complexity index is 684. The zero-order chi connectivity index (χ0) is 13.3. The van der Waals surface area contributed by atoms with Crippen molar-refractivity contribution in [1.29, 1.82) is 0 Å². The fourth-order valence-electron chi connectivity index (χ4n) is 1.42. The van der Waals surface area contributed by atoms with E-state index in [9.17, 15) is 9.59 Å². The van der Waals surface area contributed by atoms with Crippen LogP contribution in [0.4, 0.5) is 0 Å². The van der Waals surface area contributed by atoms with Gasteiger partial charge >= 0.3 is 5.97 Å². The second-order valence-corrected chi connectivity index (χ2v) is 4.68. The molecule has 1 heterocycles. The van der Waals surface area contributed by atoms with Crippen molar-refractivity contribution in [1.82, 2.24) is 9.97 Å². The van der Waals surface area contributed by atoms with Crippen molar-refractivity contribution >= 4 is 44.5 Å². The molecule has 1 aromatic carbocycles. The molecule has 0 unspecified atom stereocenters. The van der Waals surface area contributed by atoms with Crippen LogP contribution in [0.25, 0.3) is 11.0 Å². The highest BCUT2D eigenvalue weighted by molar-refractivity contribution is 9.10. The van der Waals surface area contributed by atoms with Gasteiger partial charge in [0.05, 0.1) is 22.7 Å². The number of nitrogens with one attached hydrogen (secondary N) is 1. The molecule has 0 aliphatic rings. The van der Waals surface area contributed by atoms with E-state index in [0.29, 0.717) is 20.5 Å². The Morgan fingerprint density at radius 1 is 1.56 bits per heavy atom. The third kappa shape index (κ3) is 2.39. The molecule has 0 spiro atoms. The first-order valence-corrected chi connectivity index (χ1v) is 6.26. The van der Waals surface area contributed by atoms with Crippen LogP contribution in [0.1, 0.15) is 17.4 Å². The lowest BCUT2D eigenvalue weighted by Gasteiger charge is -2.03. The van der Waals surface area contributed by atoms with Gasteiger partial charge in [0, 0.05) is 4.47 Å². The van der Waals surface area contributed by atoms with Crippen LogP contribution < -0.4 is 5.56 Å². The maximum absolute atomic E-state index is 11.7. The number of ether oxygens (including phenoxy) is 1. The Balaban J connectivity index is 2.65. The summed E-state index contributed by atoms with van der Waals surface area (Å²) >= 11 is 9.17. The average Bonchev–Trinajstić information content (AvgIpc) is 2.31. The number of fused-ring (bicyclic) bond motifs is 1. The number of aromatic nitrogens is 2. The van der Waals surface area contributed by atoms with Crippen molar-refractivity contribution in [2.75, 3.05) is 6.61 Å². The number of carbonyl (C=O) groups excluding carboxylic acids is 1. The Hall–Kier alpha value is -1.40. The second kappa shape index (κ2) is 5.07. The molecule has 0 atom stereocenters. The van der Waals surface area contributed by atoms with Gasteiger partial charge in [-0.2, -0.15) is 0 Å². The van der Waals surface area contributed by atoms with Crippen molar-refractivity contribution < 1.29 is 9.53 Å². The van der Waals surface area contributed by atoms with Crippen LogP contribution in [0.3, 0.4) is 0 Å². The highest BCUT2D eigenvalue weighted by Crippen LogP contribution is 2.25. The molecule has 0 aliphatic heterocycles. The number of nitrogens with zero attached hydrogens (tertiary/aromatic N) is 1. The summed E-state index contributed by atoms with van der Waals surface area (Å²) in [6, 6.07) is 3.18. The van der Waals surface area contributed by atoms with Crippen molar-refractivity contribution in [2.45, 2.75) is 6.92 Å². The molecule has 2 aromatic rings. The Morgan fingerprint density at radius 3 is 2.94 bits per heavy atom. The summed E-state index contributed by atoms with van der Waals surface area (Å²) < 4.78 is 5.38. The normalized spacial score (nSPS) is 10.6. The van der Waals surface area contributed by atoms with E-state index >= 15 is 0 Å². The number of hydrogen-bond acceptors (Lipinski definition) is 4. The standard InChI is InChI=1S/C11H8BrClN2O3/c1-2-18-11(17)9-10(16)15-7-3-5(12)6(13)4-8(7)14-9/h3-4H,2H2,1H3,(H,15,16). The predicted octanol–water partition coefficient (Wildman–Crippen LogP) is 2.52. The van der Waals surface area contributed by atoms with E-state index in [1.807, 2.05) is 0 Å². The molecule has 0 amide bonds. The van der Waals surface area contributed by atoms with E-state index in [2.05, 4.69) is 25.9 Å². The smallest absolute Gasteiger partial charge is 0.362 e. The summed E-state index contributed by atoms with van der Waals surface area (Å²) in [5, 5.41) is 0.442. The number of carbonyl (C=O) groups is 1. The molecule has 0 saturated heterocycles. The molecule has 1 N–H and O–H groups in total. The minimum absolute atomic E-state index is 0.180. The fraction of sp³-hybridized carbons (Fsp3) is 0.182. The predicted molar refractivity (Wildman–Crippen MR) is 71.0 cm³/mol. The van der Waals surface area contributed by atoms with Crippen LogP contribution in [-0.4, -0.2) is 22.5 Å². The van der Waals surface area contributed by atoms with E-state index < -0.39 is 11.5 Å². The molecule has 5 nitrogen and oxygen atoms in total. The van der Waals surface area contributed by atoms with Crippen LogP contribution in [0, 0.1) is 0 Å². The first kappa shape index (κ1) is 13.0. The van der Waals surface area contributed by atoms with Gasteiger partial charge in [-0.05, 0) is 35.0 Å². The van der Waals surface area contributed by atoms with Gasteiger partial charge in [0.2, 0.25) is 5.69 Å². The minimum Gasteiger partial charge on any atom is -0.461 e. The fourth-order valence-corrected chi connectivity index (χ4v) is 1.92. The van der Waals surface area contributed by atoms with Gasteiger partial charge in [0.25, 0.3) is 5.56 Å². The van der Waals surface area contributed by atoms with Crippen molar-refractivity contribution in [3.8, 4) is 0 Å². The minimum atomic E-state index is -0.750. The first-order chi connectivity index (χ1) is 8.52. The van der Waals surface area contributed by atoms with E-state index in [1.54, 1.807) is 19.1 Å². The van der Waals surface area contributed by atoms with E-state index in [-0.39, 0.29) is 12.3 Å². The summed E-state index contributed by atoms with van der Waals surface area (Å²) in [6.45, 7) is 1.83. The number of aromatic amines is 1. The summed E-state index contributed by atoms with van der Waals surface area (Å²) in [7, 11) is 0. The van der Waals surface area contributed by atoms with Crippen molar-refractivity contribution in [3.05, 3.63) is 37.7 Å². The largest absolute Gasteiger partial charge is 0.461 e. The molecule has 0 radical (unpaired) electrons. The zero-order valence-electron chi connectivity index (χ0n) is 9.29. The molecule has 2 rings (SSSR count). The molecule has 1 aromatic heterocycles. The highest BCUT2D eigenvalue weighted by Gasteiger charge is 2.15. The molecule has 94 valence electrons. The average molecular weight is 332 g/mol. The Kier molecular flexibility index (Phi) is 3.68. The first-order valence-electron chi connectivity index (χ1n) is 5.09. The topological polar surface area (TPSA) is 72.0 Å². The van der Waals surface area contributed by atoms with Gasteiger partial charge in [-0.1, -0.05) is 11.6 Å². The van der Waals surface area contributed by atoms with Gasteiger partial charge < -0.3 is 9.72 Å². The van der Waals surface area contributed by atoms with E-state index in [4.69, 9.17) is 16.3 Å². The zero-order valence-corrected chi connectivity index (χ0v) is 11.6. The molecule has 0 fully saturated rings. The number of H-pyrrole nitrogens is 1. The third-order valence-corrected chi connectivity index (χ3v) is 3.40. The quantitative estimate of drug-likeness (QED) is 0.858. The molecule has 7 heteroatoms. The highest BCUT2D eigenvalue weighted by atomic mass is 79.9.